The van der Waals surface area contributed by atoms with Gasteiger partial charge >= 0.3 is 0 Å². The van der Waals surface area contributed by atoms with E-state index >= 15 is 0 Å². The molecule has 2 nitrogen and oxygen atoms in total. The molecule has 0 aliphatic heterocycles. The van der Waals surface area contributed by atoms with Crippen LogP contribution in [0.15, 0.2) is 18.5 Å². The first-order valence-corrected chi connectivity index (χ1v) is 5.74. The smallest absolute Gasteiger partial charge is 0.144 e. The Labute approximate surface area is 97.3 Å². The number of nitrogens with one attached hydrogen (secondary N) is 1. The molecule has 0 fully saturated rings. The van der Waals surface area contributed by atoms with Crippen molar-refractivity contribution in [2.24, 2.45) is 0 Å². The zero-order valence-corrected chi connectivity index (χ0v) is 10.5. The molecule has 1 unspecified atom stereocenters. The van der Waals surface area contributed by atoms with Gasteiger partial charge < -0.3 is 5.32 Å². The summed E-state index contributed by atoms with van der Waals surface area (Å²) in [6.07, 6.45) is 3.85. The second-order valence-electron chi connectivity index (χ2n) is 5.26. The molecule has 0 saturated heterocycles. The number of pyridine rings is 1. The minimum Gasteiger partial charge on any atom is -0.312 e. The number of hydrogen-bond donors (Lipinski definition) is 1. The SMILES string of the molecule is CC(CCNC(C)(C)C)c1ccncc1F. The largest absolute Gasteiger partial charge is 0.312 e. The quantitative estimate of drug-likeness (QED) is 0.850. The zero-order valence-electron chi connectivity index (χ0n) is 10.5. The zero-order chi connectivity index (χ0) is 12.2. The first-order valence-electron chi connectivity index (χ1n) is 5.74. The molecular formula is C13H21FN2. The highest BCUT2D eigenvalue weighted by molar-refractivity contribution is 5.17. The van der Waals surface area contributed by atoms with Crippen molar-refractivity contribution in [1.29, 1.82) is 0 Å². The van der Waals surface area contributed by atoms with E-state index in [2.05, 4.69) is 31.1 Å². The van der Waals surface area contributed by atoms with Crippen LogP contribution in [0, 0.1) is 5.82 Å². The van der Waals surface area contributed by atoms with Gasteiger partial charge in [-0.15, -0.1) is 0 Å². The molecule has 0 aliphatic carbocycles. The third kappa shape index (κ3) is 4.27. The molecule has 16 heavy (non-hydrogen) atoms. The predicted octanol–water partition coefficient (Wildman–Crippen LogP) is 3.10. The van der Waals surface area contributed by atoms with Crippen LogP contribution < -0.4 is 5.32 Å². The highest BCUT2D eigenvalue weighted by Gasteiger charge is 2.12. The highest BCUT2D eigenvalue weighted by Crippen LogP contribution is 2.20. The lowest BCUT2D eigenvalue weighted by Crippen LogP contribution is -2.36. The summed E-state index contributed by atoms with van der Waals surface area (Å²) in [6, 6.07) is 1.76. The van der Waals surface area contributed by atoms with Gasteiger partial charge in [0.05, 0.1) is 6.20 Å². The van der Waals surface area contributed by atoms with E-state index in [-0.39, 0.29) is 17.3 Å². The van der Waals surface area contributed by atoms with Crippen LogP contribution in [0.2, 0.25) is 0 Å². The maximum atomic E-state index is 13.4. The number of halogens is 1. The molecule has 1 aromatic rings. The fourth-order valence-electron chi connectivity index (χ4n) is 1.60. The second-order valence-corrected chi connectivity index (χ2v) is 5.26. The average molecular weight is 224 g/mol. The minimum absolute atomic E-state index is 0.122. The van der Waals surface area contributed by atoms with E-state index in [4.69, 9.17) is 0 Å². The molecule has 0 bridgehead atoms. The molecule has 1 aromatic heterocycles. The fourth-order valence-corrected chi connectivity index (χ4v) is 1.60. The minimum atomic E-state index is -0.203. The first kappa shape index (κ1) is 13.1. The van der Waals surface area contributed by atoms with Crippen LogP contribution in [0.5, 0.6) is 0 Å². The topological polar surface area (TPSA) is 24.9 Å². The van der Waals surface area contributed by atoms with Crippen molar-refractivity contribution in [3.63, 3.8) is 0 Å². The Hall–Kier alpha value is -0.960. The van der Waals surface area contributed by atoms with Gasteiger partial charge in [0.25, 0.3) is 0 Å². The molecule has 1 N–H and O–H groups in total. The van der Waals surface area contributed by atoms with Crippen LogP contribution in [0.1, 0.15) is 45.6 Å². The molecular weight excluding hydrogens is 203 g/mol. The molecule has 0 amide bonds. The number of hydrogen-bond acceptors (Lipinski definition) is 2. The first-order chi connectivity index (χ1) is 7.40. The predicted molar refractivity (Wildman–Crippen MR) is 65.0 cm³/mol. The van der Waals surface area contributed by atoms with Gasteiger partial charge in [0.15, 0.2) is 0 Å². The third-order valence-corrected chi connectivity index (χ3v) is 2.57. The van der Waals surface area contributed by atoms with Crippen molar-refractivity contribution in [1.82, 2.24) is 10.3 Å². The molecule has 90 valence electrons. The Bertz CT molecular complexity index is 331. The summed E-state index contributed by atoms with van der Waals surface area (Å²) < 4.78 is 13.4. The molecule has 0 radical (unpaired) electrons. The van der Waals surface area contributed by atoms with Crippen molar-refractivity contribution in [2.45, 2.75) is 45.6 Å². The van der Waals surface area contributed by atoms with Gasteiger partial charge in [-0.2, -0.15) is 0 Å². The van der Waals surface area contributed by atoms with E-state index in [9.17, 15) is 4.39 Å². The number of aromatic nitrogens is 1. The maximum Gasteiger partial charge on any atom is 0.144 e. The molecule has 0 aromatic carbocycles. The van der Waals surface area contributed by atoms with E-state index in [1.54, 1.807) is 12.3 Å². The summed E-state index contributed by atoms with van der Waals surface area (Å²) in [4.78, 5) is 3.76. The lowest BCUT2D eigenvalue weighted by Gasteiger charge is -2.22. The molecule has 0 spiro atoms. The summed E-state index contributed by atoms with van der Waals surface area (Å²) >= 11 is 0. The Morgan fingerprint density at radius 1 is 1.44 bits per heavy atom. The third-order valence-electron chi connectivity index (χ3n) is 2.57. The molecule has 1 heterocycles. The average Bonchev–Trinajstić information content (AvgIpc) is 2.16. The number of nitrogens with zero attached hydrogens (tertiary/aromatic N) is 1. The van der Waals surface area contributed by atoms with Crippen LogP contribution in [0.25, 0.3) is 0 Å². The molecule has 0 aliphatic rings. The van der Waals surface area contributed by atoms with Gasteiger partial charge in [-0.05, 0) is 51.3 Å². The van der Waals surface area contributed by atoms with E-state index in [1.807, 2.05) is 6.92 Å². The van der Waals surface area contributed by atoms with Gasteiger partial charge in [-0.1, -0.05) is 6.92 Å². The van der Waals surface area contributed by atoms with Crippen molar-refractivity contribution < 1.29 is 4.39 Å². The van der Waals surface area contributed by atoms with Gasteiger partial charge in [0.2, 0.25) is 0 Å². The van der Waals surface area contributed by atoms with Crippen LogP contribution in [0.4, 0.5) is 4.39 Å². The van der Waals surface area contributed by atoms with Crippen LogP contribution in [-0.4, -0.2) is 17.1 Å². The standard InChI is InChI=1S/C13H21FN2/c1-10(5-8-16-13(2,3)4)11-6-7-15-9-12(11)14/h6-7,9-10,16H,5,8H2,1-4H3. The Kier molecular flexibility index (Phi) is 4.42. The maximum absolute atomic E-state index is 13.4. The van der Waals surface area contributed by atoms with Crippen molar-refractivity contribution >= 4 is 0 Å². The lowest BCUT2D eigenvalue weighted by atomic mass is 9.98. The monoisotopic (exact) mass is 224 g/mol. The summed E-state index contributed by atoms with van der Waals surface area (Å²) in [5.41, 5.74) is 0.877. The molecule has 0 saturated carbocycles. The lowest BCUT2D eigenvalue weighted by molar-refractivity contribution is 0.411. The van der Waals surface area contributed by atoms with Crippen molar-refractivity contribution in [3.05, 3.63) is 29.8 Å². The highest BCUT2D eigenvalue weighted by atomic mass is 19.1. The van der Waals surface area contributed by atoms with Crippen LogP contribution in [-0.2, 0) is 0 Å². The molecule has 1 rings (SSSR count). The van der Waals surface area contributed by atoms with Crippen LogP contribution in [0.3, 0.4) is 0 Å². The normalized spacial score (nSPS) is 13.8. The second kappa shape index (κ2) is 5.39. The van der Waals surface area contributed by atoms with E-state index < -0.39 is 0 Å². The van der Waals surface area contributed by atoms with E-state index in [0.29, 0.717) is 0 Å². The Balaban J connectivity index is 2.47. The summed E-state index contributed by atoms with van der Waals surface area (Å²) in [5, 5.41) is 3.40. The van der Waals surface area contributed by atoms with Gasteiger partial charge in [0, 0.05) is 11.7 Å². The Morgan fingerprint density at radius 2 is 2.12 bits per heavy atom. The van der Waals surface area contributed by atoms with Crippen LogP contribution >= 0.6 is 0 Å². The number of rotatable bonds is 4. The summed E-state index contributed by atoms with van der Waals surface area (Å²) in [5.74, 6) is 0.0172. The van der Waals surface area contributed by atoms with Gasteiger partial charge in [-0.25, -0.2) is 4.39 Å². The molecule has 3 heteroatoms. The summed E-state index contributed by atoms with van der Waals surface area (Å²) in [6.45, 7) is 9.33. The van der Waals surface area contributed by atoms with Gasteiger partial charge in [0.1, 0.15) is 5.82 Å². The van der Waals surface area contributed by atoms with Gasteiger partial charge in [-0.3, -0.25) is 4.98 Å². The Morgan fingerprint density at radius 3 is 2.69 bits per heavy atom. The fraction of sp³-hybridized carbons (Fsp3) is 0.615. The summed E-state index contributed by atoms with van der Waals surface area (Å²) in [7, 11) is 0. The van der Waals surface area contributed by atoms with E-state index in [1.165, 1.54) is 6.20 Å². The van der Waals surface area contributed by atoms with Crippen molar-refractivity contribution in [3.8, 4) is 0 Å². The van der Waals surface area contributed by atoms with Crippen molar-refractivity contribution in [2.75, 3.05) is 6.54 Å². The van der Waals surface area contributed by atoms with E-state index in [0.717, 1.165) is 18.5 Å². The molecule has 1 atom stereocenters.